The third kappa shape index (κ3) is 6.23. The van der Waals surface area contributed by atoms with Gasteiger partial charge in [0.15, 0.2) is 6.17 Å². The molecule has 0 bridgehead atoms. The second-order valence-corrected chi connectivity index (χ2v) is 7.97. The summed E-state index contributed by atoms with van der Waals surface area (Å²) in [6, 6.07) is 22.7. The quantitative estimate of drug-likeness (QED) is 0.227. The summed E-state index contributed by atoms with van der Waals surface area (Å²) in [6.45, 7) is 0. The molecule has 0 heterocycles. The van der Waals surface area contributed by atoms with Crippen LogP contribution in [0.3, 0.4) is 0 Å². The van der Waals surface area contributed by atoms with Crippen LogP contribution in [0.1, 0.15) is 22.9 Å². The first-order chi connectivity index (χ1) is 14.4. The van der Waals surface area contributed by atoms with Crippen LogP contribution in [0.15, 0.2) is 83.0 Å². The largest absolute Gasteiger partial charge is 0.272 e. The van der Waals surface area contributed by atoms with Crippen molar-refractivity contribution in [2.45, 2.75) is 6.17 Å². The standard InChI is InChI=1S/C23H21Cl3N4/c1-29(27-15-17-3-9-20(24)10-4-17)23(19-7-13-22(26)14-8-19)30(2)28-16-18-5-11-21(25)12-6-18/h3-16,23H,1-2H3/b27-15-,28-16-. The van der Waals surface area contributed by atoms with E-state index in [4.69, 9.17) is 34.8 Å². The highest BCUT2D eigenvalue weighted by atomic mass is 35.5. The van der Waals surface area contributed by atoms with E-state index in [1.165, 1.54) is 0 Å². The van der Waals surface area contributed by atoms with Gasteiger partial charge in [-0.15, -0.1) is 0 Å². The first-order valence-corrected chi connectivity index (χ1v) is 10.4. The van der Waals surface area contributed by atoms with Gasteiger partial charge in [0.1, 0.15) is 0 Å². The van der Waals surface area contributed by atoms with Crippen LogP contribution in [0.5, 0.6) is 0 Å². The van der Waals surface area contributed by atoms with Crippen LogP contribution in [0.4, 0.5) is 0 Å². The topological polar surface area (TPSA) is 31.2 Å². The van der Waals surface area contributed by atoms with E-state index in [1.54, 1.807) is 12.4 Å². The van der Waals surface area contributed by atoms with Crippen LogP contribution < -0.4 is 0 Å². The summed E-state index contributed by atoms with van der Waals surface area (Å²) >= 11 is 18.0. The summed E-state index contributed by atoms with van der Waals surface area (Å²) in [5, 5.41) is 15.0. The first kappa shape index (κ1) is 22.2. The monoisotopic (exact) mass is 458 g/mol. The fourth-order valence-electron chi connectivity index (χ4n) is 2.85. The lowest BCUT2D eigenvalue weighted by atomic mass is 10.1. The highest BCUT2D eigenvalue weighted by molar-refractivity contribution is 6.31. The van der Waals surface area contributed by atoms with Crippen LogP contribution in [-0.2, 0) is 0 Å². The molecule has 0 unspecified atom stereocenters. The molecule has 3 aromatic carbocycles. The SMILES string of the molecule is CN(/N=C\c1ccc(Cl)cc1)C(c1ccc(Cl)cc1)N(C)/N=C\c1ccc(Cl)cc1. The predicted octanol–water partition coefficient (Wildman–Crippen LogP) is 6.58. The van der Waals surface area contributed by atoms with E-state index in [0.717, 1.165) is 16.7 Å². The molecule has 0 aliphatic rings. The molecule has 7 heteroatoms. The van der Waals surface area contributed by atoms with Crippen LogP contribution in [0, 0.1) is 0 Å². The Morgan fingerprint density at radius 1 is 0.600 bits per heavy atom. The van der Waals surface area contributed by atoms with Crippen molar-refractivity contribution in [2.75, 3.05) is 14.1 Å². The average molecular weight is 460 g/mol. The minimum atomic E-state index is -0.241. The number of benzene rings is 3. The summed E-state index contributed by atoms with van der Waals surface area (Å²) in [5.74, 6) is 0. The molecule has 0 radical (unpaired) electrons. The number of nitrogens with zero attached hydrogens (tertiary/aromatic N) is 4. The molecular weight excluding hydrogens is 439 g/mol. The van der Waals surface area contributed by atoms with Crippen LogP contribution in [0.25, 0.3) is 0 Å². The van der Waals surface area contributed by atoms with Gasteiger partial charge in [-0.2, -0.15) is 10.2 Å². The Kier molecular flexibility index (Phi) is 7.75. The van der Waals surface area contributed by atoms with Crippen LogP contribution in [0.2, 0.25) is 15.1 Å². The second kappa shape index (κ2) is 10.5. The van der Waals surface area contributed by atoms with E-state index in [0.29, 0.717) is 15.1 Å². The molecule has 0 aromatic heterocycles. The third-order valence-electron chi connectivity index (χ3n) is 4.39. The van der Waals surface area contributed by atoms with Crippen molar-refractivity contribution in [2.24, 2.45) is 10.2 Å². The van der Waals surface area contributed by atoms with Crippen molar-refractivity contribution < 1.29 is 0 Å². The van der Waals surface area contributed by atoms with Gasteiger partial charge >= 0.3 is 0 Å². The van der Waals surface area contributed by atoms with Crippen molar-refractivity contribution in [3.8, 4) is 0 Å². The molecule has 0 fully saturated rings. The lowest BCUT2D eigenvalue weighted by molar-refractivity contribution is 0.0897. The number of hydrogen-bond donors (Lipinski definition) is 0. The molecule has 3 rings (SSSR count). The van der Waals surface area contributed by atoms with E-state index in [9.17, 15) is 0 Å². The summed E-state index contributed by atoms with van der Waals surface area (Å²) in [7, 11) is 3.81. The fourth-order valence-corrected chi connectivity index (χ4v) is 3.23. The second-order valence-electron chi connectivity index (χ2n) is 6.66. The average Bonchev–Trinajstić information content (AvgIpc) is 2.74. The van der Waals surface area contributed by atoms with Crippen LogP contribution >= 0.6 is 34.8 Å². The zero-order valence-corrected chi connectivity index (χ0v) is 18.9. The molecule has 30 heavy (non-hydrogen) atoms. The maximum Gasteiger partial charge on any atom is 0.159 e. The van der Waals surface area contributed by atoms with Gasteiger partial charge in [-0.05, 0) is 53.1 Å². The summed E-state index contributed by atoms with van der Waals surface area (Å²) in [6.07, 6.45) is 3.33. The van der Waals surface area contributed by atoms with Gasteiger partial charge in [0, 0.05) is 29.2 Å². The van der Waals surface area contributed by atoms with Gasteiger partial charge < -0.3 is 0 Å². The highest BCUT2D eigenvalue weighted by Gasteiger charge is 2.20. The van der Waals surface area contributed by atoms with Gasteiger partial charge in [0.05, 0.1) is 12.4 Å². The molecule has 3 aromatic rings. The minimum absolute atomic E-state index is 0.241. The van der Waals surface area contributed by atoms with Gasteiger partial charge in [0.25, 0.3) is 0 Å². The molecule has 0 saturated heterocycles. The van der Waals surface area contributed by atoms with Gasteiger partial charge in [0.2, 0.25) is 0 Å². The molecule has 0 saturated carbocycles. The predicted molar refractivity (Wildman–Crippen MR) is 128 cm³/mol. The smallest absolute Gasteiger partial charge is 0.159 e. The Bertz CT molecular complexity index is 939. The Labute approximate surface area is 192 Å². The van der Waals surface area contributed by atoms with E-state index in [-0.39, 0.29) is 6.17 Å². The third-order valence-corrected chi connectivity index (χ3v) is 5.15. The summed E-state index contributed by atoms with van der Waals surface area (Å²) in [5.41, 5.74) is 2.91. The van der Waals surface area contributed by atoms with E-state index in [2.05, 4.69) is 10.2 Å². The summed E-state index contributed by atoms with van der Waals surface area (Å²) in [4.78, 5) is 0. The molecule has 0 spiro atoms. The van der Waals surface area contributed by atoms with Gasteiger partial charge in [-0.1, -0.05) is 71.2 Å². The van der Waals surface area contributed by atoms with Crippen molar-refractivity contribution in [1.29, 1.82) is 0 Å². The number of hydrogen-bond acceptors (Lipinski definition) is 4. The normalized spacial score (nSPS) is 11.5. The van der Waals surface area contributed by atoms with Gasteiger partial charge in [-0.25, -0.2) is 0 Å². The maximum absolute atomic E-state index is 6.08. The van der Waals surface area contributed by atoms with Crippen LogP contribution in [-0.4, -0.2) is 36.5 Å². The van der Waals surface area contributed by atoms with Crippen molar-refractivity contribution in [1.82, 2.24) is 10.0 Å². The fraction of sp³-hybridized carbons (Fsp3) is 0.130. The maximum atomic E-state index is 6.08. The number of halogens is 3. The van der Waals surface area contributed by atoms with E-state index in [1.807, 2.05) is 96.9 Å². The van der Waals surface area contributed by atoms with Gasteiger partial charge in [-0.3, -0.25) is 10.0 Å². The van der Waals surface area contributed by atoms with Crippen molar-refractivity contribution in [3.63, 3.8) is 0 Å². The van der Waals surface area contributed by atoms with Crippen molar-refractivity contribution in [3.05, 3.63) is 105 Å². The minimum Gasteiger partial charge on any atom is -0.272 e. The lowest BCUT2D eigenvalue weighted by Gasteiger charge is -2.32. The van der Waals surface area contributed by atoms with Crippen molar-refractivity contribution >= 4 is 47.2 Å². The Morgan fingerprint density at radius 3 is 1.30 bits per heavy atom. The molecule has 0 atom stereocenters. The Hall–Kier alpha value is -2.53. The molecule has 0 N–H and O–H groups in total. The Balaban J connectivity index is 1.84. The first-order valence-electron chi connectivity index (χ1n) is 9.22. The lowest BCUT2D eigenvalue weighted by Crippen LogP contribution is -2.31. The zero-order valence-electron chi connectivity index (χ0n) is 16.6. The number of hydrazone groups is 2. The molecule has 0 aliphatic carbocycles. The zero-order chi connectivity index (χ0) is 21.5. The molecule has 0 aliphatic heterocycles. The molecule has 154 valence electrons. The number of rotatable bonds is 7. The highest BCUT2D eigenvalue weighted by Crippen LogP contribution is 2.25. The molecular formula is C23H21Cl3N4. The molecule has 0 amide bonds. The molecule has 4 nitrogen and oxygen atoms in total. The van der Waals surface area contributed by atoms with E-state index < -0.39 is 0 Å². The Morgan fingerprint density at radius 2 is 0.933 bits per heavy atom. The van der Waals surface area contributed by atoms with E-state index >= 15 is 0 Å². The summed E-state index contributed by atoms with van der Waals surface area (Å²) < 4.78 is 0.